The van der Waals surface area contributed by atoms with Crippen LogP contribution in [0.1, 0.15) is 17.0 Å². The number of rotatable bonds is 3. The van der Waals surface area contributed by atoms with Crippen LogP contribution >= 0.6 is 0 Å². The summed E-state index contributed by atoms with van der Waals surface area (Å²) in [7, 11) is 0. The third kappa shape index (κ3) is 2.23. The summed E-state index contributed by atoms with van der Waals surface area (Å²) >= 11 is 0. The van der Waals surface area contributed by atoms with E-state index in [1.165, 1.54) is 21.9 Å². The van der Waals surface area contributed by atoms with E-state index in [1.54, 1.807) is 0 Å². The standard InChI is InChI=1S/C17H16N2/c18-12-17(14-8-10-19-11-9-14)16-7-3-5-13-4-1-2-6-15(13)16/h1-11,17H,12,18H2. The second kappa shape index (κ2) is 5.21. The Bertz CT molecular complexity index is 672. The minimum absolute atomic E-state index is 0.217. The summed E-state index contributed by atoms with van der Waals surface area (Å²) in [4.78, 5) is 4.08. The molecule has 0 radical (unpaired) electrons. The molecule has 94 valence electrons. The summed E-state index contributed by atoms with van der Waals surface area (Å²) in [6.07, 6.45) is 3.65. The first-order valence-corrected chi connectivity index (χ1v) is 6.48. The van der Waals surface area contributed by atoms with Crippen LogP contribution in [0.2, 0.25) is 0 Å². The van der Waals surface area contributed by atoms with E-state index in [2.05, 4.69) is 47.4 Å². The van der Waals surface area contributed by atoms with Crippen molar-refractivity contribution >= 4 is 10.8 Å². The van der Waals surface area contributed by atoms with E-state index in [1.807, 2.05) is 24.5 Å². The Morgan fingerprint density at radius 3 is 2.42 bits per heavy atom. The van der Waals surface area contributed by atoms with Crippen molar-refractivity contribution in [2.24, 2.45) is 5.73 Å². The predicted octanol–water partition coefficient (Wildman–Crippen LogP) is 3.33. The minimum atomic E-state index is 0.217. The molecule has 0 aliphatic carbocycles. The van der Waals surface area contributed by atoms with E-state index in [0.717, 1.165) is 0 Å². The Balaban J connectivity index is 2.17. The summed E-state index contributed by atoms with van der Waals surface area (Å²) < 4.78 is 0. The molecule has 0 spiro atoms. The molecular formula is C17H16N2. The lowest BCUT2D eigenvalue weighted by Crippen LogP contribution is -2.14. The molecule has 0 saturated carbocycles. The Labute approximate surface area is 112 Å². The number of aromatic nitrogens is 1. The zero-order valence-corrected chi connectivity index (χ0v) is 10.7. The Morgan fingerprint density at radius 2 is 1.63 bits per heavy atom. The molecule has 2 heteroatoms. The van der Waals surface area contributed by atoms with Crippen LogP contribution in [0.15, 0.2) is 67.0 Å². The first-order valence-electron chi connectivity index (χ1n) is 6.48. The third-order valence-corrected chi connectivity index (χ3v) is 3.54. The first-order chi connectivity index (χ1) is 9.40. The summed E-state index contributed by atoms with van der Waals surface area (Å²) in [6.45, 7) is 0.595. The monoisotopic (exact) mass is 248 g/mol. The van der Waals surface area contributed by atoms with Gasteiger partial charge in [-0.25, -0.2) is 0 Å². The number of hydrogen-bond donors (Lipinski definition) is 1. The number of hydrogen-bond acceptors (Lipinski definition) is 2. The van der Waals surface area contributed by atoms with Gasteiger partial charge in [0.15, 0.2) is 0 Å². The molecule has 0 saturated heterocycles. The molecule has 0 bridgehead atoms. The fourth-order valence-corrected chi connectivity index (χ4v) is 2.59. The number of nitrogens with zero attached hydrogens (tertiary/aromatic N) is 1. The van der Waals surface area contributed by atoms with Crippen molar-refractivity contribution in [3.05, 3.63) is 78.1 Å². The molecule has 0 amide bonds. The van der Waals surface area contributed by atoms with Gasteiger partial charge in [0.25, 0.3) is 0 Å². The van der Waals surface area contributed by atoms with Crippen LogP contribution in [-0.2, 0) is 0 Å². The van der Waals surface area contributed by atoms with Crippen LogP contribution in [0, 0.1) is 0 Å². The van der Waals surface area contributed by atoms with E-state index < -0.39 is 0 Å². The van der Waals surface area contributed by atoms with Gasteiger partial charge in [-0.15, -0.1) is 0 Å². The SMILES string of the molecule is NCC(c1ccncc1)c1cccc2ccccc12. The third-order valence-electron chi connectivity index (χ3n) is 3.54. The highest BCUT2D eigenvalue weighted by atomic mass is 14.6. The molecule has 19 heavy (non-hydrogen) atoms. The van der Waals surface area contributed by atoms with E-state index in [4.69, 9.17) is 5.73 Å². The van der Waals surface area contributed by atoms with Crippen molar-refractivity contribution < 1.29 is 0 Å². The van der Waals surface area contributed by atoms with E-state index >= 15 is 0 Å². The zero-order valence-electron chi connectivity index (χ0n) is 10.7. The number of fused-ring (bicyclic) bond motifs is 1. The van der Waals surface area contributed by atoms with Gasteiger partial charge in [0.2, 0.25) is 0 Å². The molecule has 1 unspecified atom stereocenters. The lowest BCUT2D eigenvalue weighted by Gasteiger charge is -2.17. The van der Waals surface area contributed by atoms with Crippen LogP contribution in [0.3, 0.4) is 0 Å². The van der Waals surface area contributed by atoms with Gasteiger partial charge in [0.1, 0.15) is 0 Å². The molecule has 1 atom stereocenters. The summed E-state index contributed by atoms with van der Waals surface area (Å²) in [5, 5.41) is 2.53. The average molecular weight is 248 g/mol. The molecule has 2 nitrogen and oxygen atoms in total. The quantitative estimate of drug-likeness (QED) is 0.772. The normalized spacial score (nSPS) is 12.5. The summed E-state index contributed by atoms with van der Waals surface area (Å²) in [5.41, 5.74) is 8.51. The maximum absolute atomic E-state index is 6.01. The molecule has 3 aromatic rings. The lowest BCUT2D eigenvalue weighted by molar-refractivity contribution is 0.823. The van der Waals surface area contributed by atoms with Crippen molar-refractivity contribution in [3.8, 4) is 0 Å². The van der Waals surface area contributed by atoms with E-state index in [9.17, 15) is 0 Å². The minimum Gasteiger partial charge on any atom is -0.330 e. The second-order valence-electron chi connectivity index (χ2n) is 4.64. The smallest absolute Gasteiger partial charge is 0.0270 e. The molecule has 1 aromatic heterocycles. The van der Waals surface area contributed by atoms with Gasteiger partial charge in [-0.1, -0.05) is 42.5 Å². The van der Waals surface area contributed by atoms with Crippen molar-refractivity contribution in [2.45, 2.75) is 5.92 Å². The number of pyridine rings is 1. The topological polar surface area (TPSA) is 38.9 Å². The largest absolute Gasteiger partial charge is 0.330 e. The van der Waals surface area contributed by atoms with E-state index in [-0.39, 0.29) is 5.92 Å². The van der Waals surface area contributed by atoms with Crippen LogP contribution < -0.4 is 5.73 Å². The maximum atomic E-state index is 6.01. The molecular weight excluding hydrogens is 232 g/mol. The Kier molecular flexibility index (Phi) is 3.25. The lowest BCUT2D eigenvalue weighted by atomic mass is 9.88. The van der Waals surface area contributed by atoms with E-state index in [0.29, 0.717) is 6.54 Å². The number of nitrogens with two attached hydrogens (primary N) is 1. The van der Waals surface area contributed by atoms with Crippen LogP contribution in [-0.4, -0.2) is 11.5 Å². The van der Waals surface area contributed by atoms with Crippen LogP contribution in [0.4, 0.5) is 0 Å². The van der Waals surface area contributed by atoms with Crippen LogP contribution in [0.25, 0.3) is 10.8 Å². The molecule has 0 aliphatic heterocycles. The molecule has 0 fully saturated rings. The average Bonchev–Trinajstić information content (AvgIpc) is 2.49. The summed E-state index contributed by atoms with van der Waals surface area (Å²) in [5.74, 6) is 0.217. The highest BCUT2D eigenvalue weighted by Crippen LogP contribution is 2.29. The van der Waals surface area contributed by atoms with Gasteiger partial charge >= 0.3 is 0 Å². The van der Waals surface area contributed by atoms with Crippen molar-refractivity contribution in [2.75, 3.05) is 6.54 Å². The van der Waals surface area contributed by atoms with Gasteiger partial charge in [0, 0.05) is 24.9 Å². The first kappa shape index (κ1) is 11.9. The second-order valence-corrected chi connectivity index (χ2v) is 4.64. The zero-order chi connectivity index (χ0) is 13.1. The number of benzene rings is 2. The van der Waals surface area contributed by atoms with Gasteiger partial charge in [-0.3, -0.25) is 4.98 Å². The van der Waals surface area contributed by atoms with Crippen molar-refractivity contribution in [3.63, 3.8) is 0 Å². The van der Waals surface area contributed by atoms with Gasteiger partial charge in [0.05, 0.1) is 0 Å². The van der Waals surface area contributed by atoms with Crippen molar-refractivity contribution in [1.82, 2.24) is 4.98 Å². The molecule has 2 aromatic carbocycles. The summed E-state index contributed by atoms with van der Waals surface area (Å²) in [6, 6.07) is 18.9. The van der Waals surface area contributed by atoms with Gasteiger partial charge < -0.3 is 5.73 Å². The highest BCUT2D eigenvalue weighted by molar-refractivity contribution is 5.86. The Hall–Kier alpha value is -2.19. The van der Waals surface area contributed by atoms with Crippen molar-refractivity contribution in [1.29, 1.82) is 0 Å². The maximum Gasteiger partial charge on any atom is 0.0270 e. The van der Waals surface area contributed by atoms with Gasteiger partial charge in [-0.05, 0) is 34.0 Å². The van der Waals surface area contributed by atoms with Gasteiger partial charge in [-0.2, -0.15) is 0 Å². The molecule has 2 N–H and O–H groups in total. The predicted molar refractivity (Wildman–Crippen MR) is 79.1 cm³/mol. The highest BCUT2D eigenvalue weighted by Gasteiger charge is 2.14. The molecule has 1 heterocycles. The van der Waals surface area contributed by atoms with Crippen LogP contribution in [0.5, 0.6) is 0 Å². The molecule has 3 rings (SSSR count). The fourth-order valence-electron chi connectivity index (χ4n) is 2.59. The molecule has 0 aliphatic rings. The Morgan fingerprint density at radius 1 is 0.895 bits per heavy atom. The fraction of sp³-hybridized carbons (Fsp3) is 0.118.